The lowest BCUT2D eigenvalue weighted by atomic mass is 9.47. The van der Waals surface area contributed by atoms with Crippen LogP contribution in [0.1, 0.15) is 64.5 Å². The highest BCUT2D eigenvalue weighted by Crippen LogP contribution is 2.66. The number of aromatic nitrogens is 2. The van der Waals surface area contributed by atoms with Crippen molar-refractivity contribution < 1.29 is 5.11 Å². The standard InChI is InChI=1S/C29H36N2O/c1-4-17-31-27(22-7-5-6-8-26(22)30-31)25-12-11-23-21-10-9-19-18-20(32)13-15-28(19,2)24(21)14-16-29(23,25)3/h4-9,12,20-21,23-24,32H,1,10-11,13-18H2,2-3H3/t20-,21-,23-,24-,28-,29-/m0/s1. The average molecular weight is 429 g/mol. The van der Waals surface area contributed by atoms with Crippen molar-refractivity contribution in [3.8, 4) is 0 Å². The van der Waals surface area contributed by atoms with Gasteiger partial charge in [-0.1, -0.05) is 55.8 Å². The van der Waals surface area contributed by atoms with Gasteiger partial charge in [-0.25, -0.2) is 0 Å². The van der Waals surface area contributed by atoms with E-state index in [1.165, 1.54) is 42.3 Å². The Balaban J connectivity index is 1.39. The van der Waals surface area contributed by atoms with Crippen LogP contribution in [0.15, 0.2) is 54.6 Å². The van der Waals surface area contributed by atoms with Crippen molar-refractivity contribution in [1.29, 1.82) is 0 Å². The van der Waals surface area contributed by atoms with Crippen LogP contribution in [0.3, 0.4) is 0 Å². The molecule has 0 saturated heterocycles. The molecule has 2 fully saturated rings. The number of benzene rings is 1. The van der Waals surface area contributed by atoms with Crippen LogP contribution in [0.2, 0.25) is 0 Å². The zero-order valence-corrected chi connectivity index (χ0v) is 19.6. The molecule has 0 bridgehead atoms. The molecular weight excluding hydrogens is 392 g/mol. The Kier molecular flexibility index (Phi) is 4.60. The Bertz CT molecular complexity index is 1140. The Hall–Kier alpha value is -2.13. The zero-order chi connectivity index (χ0) is 22.1. The molecule has 0 radical (unpaired) electrons. The van der Waals surface area contributed by atoms with Gasteiger partial charge in [0.05, 0.1) is 23.9 Å². The summed E-state index contributed by atoms with van der Waals surface area (Å²) in [6, 6.07) is 8.61. The second-order valence-electron chi connectivity index (χ2n) is 11.3. The van der Waals surface area contributed by atoms with E-state index in [-0.39, 0.29) is 11.5 Å². The smallest absolute Gasteiger partial charge is 0.0930 e. The van der Waals surface area contributed by atoms with Gasteiger partial charge in [0.15, 0.2) is 0 Å². The fourth-order valence-corrected chi connectivity index (χ4v) is 8.19. The minimum absolute atomic E-state index is 0.127. The molecule has 4 aliphatic carbocycles. The molecule has 168 valence electrons. The van der Waals surface area contributed by atoms with Gasteiger partial charge in [0.2, 0.25) is 0 Å². The molecule has 6 atom stereocenters. The molecule has 0 spiro atoms. The molecule has 3 heteroatoms. The molecule has 6 rings (SSSR count). The minimum atomic E-state index is -0.127. The predicted octanol–water partition coefficient (Wildman–Crippen LogP) is 6.54. The highest BCUT2D eigenvalue weighted by atomic mass is 16.3. The normalized spacial score (nSPS) is 38.5. The molecule has 1 aromatic carbocycles. The van der Waals surface area contributed by atoms with E-state index in [0.29, 0.717) is 11.3 Å². The van der Waals surface area contributed by atoms with Gasteiger partial charge in [0.1, 0.15) is 0 Å². The van der Waals surface area contributed by atoms with Crippen molar-refractivity contribution >= 4 is 16.5 Å². The number of allylic oxidation sites excluding steroid dienone is 4. The maximum absolute atomic E-state index is 10.3. The van der Waals surface area contributed by atoms with Gasteiger partial charge >= 0.3 is 0 Å². The van der Waals surface area contributed by atoms with Gasteiger partial charge in [-0.3, -0.25) is 4.68 Å². The van der Waals surface area contributed by atoms with E-state index in [2.05, 4.69) is 61.5 Å². The maximum Gasteiger partial charge on any atom is 0.0930 e. The van der Waals surface area contributed by atoms with Crippen molar-refractivity contribution in [1.82, 2.24) is 9.78 Å². The van der Waals surface area contributed by atoms with Crippen molar-refractivity contribution in [3.63, 3.8) is 0 Å². The summed E-state index contributed by atoms with van der Waals surface area (Å²) in [4.78, 5) is 0. The van der Waals surface area contributed by atoms with Crippen molar-refractivity contribution in [2.24, 2.45) is 28.6 Å². The first-order valence-corrected chi connectivity index (χ1v) is 12.6. The number of rotatable bonds is 3. The summed E-state index contributed by atoms with van der Waals surface area (Å²) in [7, 11) is 0. The lowest BCUT2D eigenvalue weighted by Gasteiger charge is -2.57. The summed E-state index contributed by atoms with van der Waals surface area (Å²) in [5.74, 6) is 2.20. The Morgan fingerprint density at radius 1 is 1.09 bits per heavy atom. The summed E-state index contributed by atoms with van der Waals surface area (Å²) in [6.07, 6.45) is 14.9. The Labute approximate surface area is 191 Å². The van der Waals surface area contributed by atoms with Crippen LogP contribution < -0.4 is 0 Å². The van der Waals surface area contributed by atoms with E-state index < -0.39 is 0 Å². The van der Waals surface area contributed by atoms with E-state index in [1.807, 2.05) is 6.08 Å². The number of nitrogens with zero attached hydrogens (tertiary/aromatic N) is 2. The van der Waals surface area contributed by atoms with Crippen molar-refractivity contribution in [2.75, 3.05) is 0 Å². The zero-order valence-electron chi connectivity index (χ0n) is 19.6. The third-order valence-corrected chi connectivity index (χ3v) is 9.86. The van der Waals surface area contributed by atoms with Crippen LogP contribution in [0, 0.1) is 28.6 Å². The molecule has 0 amide bonds. The van der Waals surface area contributed by atoms with Crippen LogP contribution in [-0.4, -0.2) is 21.0 Å². The van der Waals surface area contributed by atoms with Gasteiger partial charge in [0, 0.05) is 5.39 Å². The van der Waals surface area contributed by atoms with Crippen molar-refractivity contribution in [2.45, 2.75) is 71.4 Å². The monoisotopic (exact) mass is 428 g/mol. The molecule has 2 saturated carbocycles. The summed E-state index contributed by atoms with van der Waals surface area (Å²) in [5.41, 5.74) is 5.99. The summed E-state index contributed by atoms with van der Waals surface area (Å²) in [5, 5.41) is 16.5. The van der Waals surface area contributed by atoms with E-state index in [4.69, 9.17) is 5.10 Å². The number of hydrogen-bond acceptors (Lipinski definition) is 2. The molecular formula is C29H36N2O. The van der Waals surface area contributed by atoms with Crippen LogP contribution in [-0.2, 0) is 6.54 Å². The van der Waals surface area contributed by atoms with E-state index in [1.54, 1.807) is 5.57 Å². The third-order valence-electron chi connectivity index (χ3n) is 9.86. The summed E-state index contributed by atoms with van der Waals surface area (Å²) < 4.78 is 2.19. The van der Waals surface area contributed by atoms with Crippen LogP contribution in [0.5, 0.6) is 0 Å². The molecule has 32 heavy (non-hydrogen) atoms. The fourth-order valence-electron chi connectivity index (χ4n) is 8.19. The van der Waals surface area contributed by atoms with Crippen LogP contribution in [0.25, 0.3) is 16.5 Å². The lowest BCUT2D eigenvalue weighted by molar-refractivity contribution is -0.0239. The molecule has 0 aliphatic heterocycles. The second-order valence-corrected chi connectivity index (χ2v) is 11.3. The first-order chi connectivity index (χ1) is 15.5. The molecule has 1 aromatic heterocycles. The molecule has 3 nitrogen and oxygen atoms in total. The van der Waals surface area contributed by atoms with Gasteiger partial charge in [-0.05, 0) is 85.2 Å². The topological polar surface area (TPSA) is 38.0 Å². The van der Waals surface area contributed by atoms with Gasteiger partial charge < -0.3 is 5.11 Å². The fraction of sp³-hybridized carbons (Fsp3) is 0.552. The number of fused-ring (bicyclic) bond motifs is 6. The molecule has 2 aromatic rings. The number of hydrogen-bond donors (Lipinski definition) is 1. The highest BCUT2D eigenvalue weighted by molar-refractivity contribution is 5.92. The maximum atomic E-state index is 10.3. The number of aliphatic hydroxyl groups is 1. The molecule has 4 aliphatic rings. The molecule has 1 heterocycles. The quantitative estimate of drug-likeness (QED) is 0.564. The van der Waals surface area contributed by atoms with Gasteiger partial charge in [-0.2, -0.15) is 5.10 Å². The van der Waals surface area contributed by atoms with Gasteiger partial charge in [0.25, 0.3) is 0 Å². The lowest BCUT2D eigenvalue weighted by Crippen LogP contribution is -2.49. The first-order valence-electron chi connectivity index (χ1n) is 12.6. The van der Waals surface area contributed by atoms with E-state index >= 15 is 0 Å². The Morgan fingerprint density at radius 3 is 2.75 bits per heavy atom. The van der Waals surface area contributed by atoms with E-state index in [9.17, 15) is 5.11 Å². The summed E-state index contributed by atoms with van der Waals surface area (Å²) in [6.45, 7) is 9.80. The number of aliphatic hydroxyl groups excluding tert-OH is 1. The highest BCUT2D eigenvalue weighted by Gasteiger charge is 2.57. The molecule has 0 unspecified atom stereocenters. The first kappa shape index (κ1) is 20.5. The molecule has 1 N–H and O–H groups in total. The predicted molar refractivity (Wildman–Crippen MR) is 131 cm³/mol. The third kappa shape index (κ3) is 2.73. The Morgan fingerprint density at radius 2 is 1.91 bits per heavy atom. The van der Waals surface area contributed by atoms with Crippen molar-refractivity contribution in [3.05, 3.63) is 60.3 Å². The summed E-state index contributed by atoms with van der Waals surface area (Å²) >= 11 is 0. The van der Waals surface area contributed by atoms with Crippen LogP contribution in [0.4, 0.5) is 0 Å². The minimum Gasteiger partial charge on any atom is -0.393 e. The SMILES string of the molecule is C=CCn1nc2ccccc2c1C1=CC[C@H]2[C@@H]3CC=C4C[C@@H](O)CC[C@]4(C)[C@H]3CC[C@]12C. The average Bonchev–Trinajstić information content (AvgIpc) is 3.31. The largest absolute Gasteiger partial charge is 0.393 e. The van der Waals surface area contributed by atoms with E-state index in [0.717, 1.165) is 43.2 Å². The second kappa shape index (κ2) is 7.18. The van der Waals surface area contributed by atoms with Gasteiger partial charge in [-0.15, -0.1) is 6.58 Å². The van der Waals surface area contributed by atoms with Crippen LogP contribution >= 0.6 is 0 Å².